The number of hydrogen-bond donors (Lipinski definition) is 1. The number of aliphatic hydroxyl groups is 1. The molecule has 0 bridgehead atoms. The fraction of sp³-hybridized carbons (Fsp3) is 0.545. The maximum absolute atomic E-state index is 11.8. The molecule has 1 atom stereocenters. The van der Waals surface area contributed by atoms with Gasteiger partial charge in [0.2, 0.25) is 6.23 Å². The van der Waals surface area contributed by atoms with Crippen molar-refractivity contribution in [2.45, 2.75) is 32.4 Å². The minimum atomic E-state index is -1.47. The third-order valence-corrected chi connectivity index (χ3v) is 2.77. The van der Waals surface area contributed by atoms with Gasteiger partial charge in [-0.25, -0.2) is 9.69 Å². The van der Waals surface area contributed by atoms with Crippen LogP contribution < -0.4 is 4.90 Å². The van der Waals surface area contributed by atoms with Gasteiger partial charge in [-0.15, -0.1) is 0 Å². The fourth-order valence-electron chi connectivity index (χ4n) is 1.57. The molecule has 1 N–H and O–H groups in total. The number of aliphatic hydroxyl groups excluding tert-OH is 1. The summed E-state index contributed by atoms with van der Waals surface area (Å²) in [7, 11) is 1.34. The first kappa shape index (κ1) is 12.6. The smallest absolute Gasteiger partial charge is 0.335 e. The Kier molecular flexibility index (Phi) is 2.66. The first-order valence-corrected chi connectivity index (χ1v) is 5.49. The van der Waals surface area contributed by atoms with Crippen LogP contribution in [0.1, 0.15) is 26.5 Å². The molecule has 2 rings (SSSR count). The minimum absolute atomic E-state index is 0.0957. The number of urea groups is 1. The predicted molar refractivity (Wildman–Crippen MR) is 61.9 cm³/mol. The van der Waals surface area contributed by atoms with E-state index in [2.05, 4.69) is 5.16 Å². The van der Waals surface area contributed by atoms with Gasteiger partial charge in [-0.1, -0.05) is 25.9 Å². The highest BCUT2D eigenvalue weighted by atomic mass is 16.5. The maximum Gasteiger partial charge on any atom is 0.335 e. The van der Waals surface area contributed by atoms with Gasteiger partial charge in [-0.3, -0.25) is 9.69 Å². The van der Waals surface area contributed by atoms with Crippen LogP contribution in [0.5, 0.6) is 0 Å². The van der Waals surface area contributed by atoms with E-state index in [1.54, 1.807) is 0 Å². The van der Waals surface area contributed by atoms with Gasteiger partial charge in [0, 0.05) is 18.5 Å². The number of likely N-dealkylation sites (N-methyl/N-ethyl adjacent to an activating group) is 1. The fourth-order valence-corrected chi connectivity index (χ4v) is 1.57. The van der Waals surface area contributed by atoms with Crippen molar-refractivity contribution >= 4 is 17.8 Å². The van der Waals surface area contributed by atoms with Crippen LogP contribution in [0.2, 0.25) is 0 Å². The van der Waals surface area contributed by atoms with Crippen molar-refractivity contribution in [2.75, 3.05) is 11.9 Å². The van der Waals surface area contributed by atoms with Gasteiger partial charge >= 0.3 is 6.03 Å². The van der Waals surface area contributed by atoms with E-state index in [0.29, 0.717) is 5.76 Å². The molecule has 1 saturated heterocycles. The van der Waals surface area contributed by atoms with E-state index in [-0.39, 0.29) is 11.2 Å². The van der Waals surface area contributed by atoms with Crippen molar-refractivity contribution in [1.29, 1.82) is 0 Å². The summed E-state index contributed by atoms with van der Waals surface area (Å²) < 4.78 is 5.11. The molecular formula is C11H15N3O4. The quantitative estimate of drug-likeness (QED) is 0.744. The second-order valence-electron chi connectivity index (χ2n) is 5.24. The Bertz CT molecular complexity index is 483. The lowest BCUT2D eigenvalue weighted by Gasteiger charge is -2.12. The SMILES string of the molecule is CN1C(=O)N(c2cc(C(C)(C)C)on2)C(=O)C1O. The highest BCUT2D eigenvalue weighted by molar-refractivity contribution is 6.20. The molecular weight excluding hydrogens is 238 g/mol. The molecule has 1 unspecified atom stereocenters. The molecule has 1 aliphatic heterocycles. The molecule has 3 amide bonds. The highest BCUT2D eigenvalue weighted by Gasteiger charge is 2.44. The van der Waals surface area contributed by atoms with E-state index in [1.165, 1.54) is 13.1 Å². The molecule has 0 aromatic carbocycles. The highest BCUT2D eigenvalue weighted by Crippen LogP contribution is 2.28. The van der Waals surface area contributed by atoms with Crippen LogP contribution in [0.4, 0.5) is 10.6 Å². The summed E-state index contributed by atoms with van der Waals surface area (Å²) in [6, 6.07) is 0.906. The average molecular weight is 253 g/mol. The van der Waals surface area contributed by atoms with E-state index in [4.69, 9.17) is 4.52 Å². The van der Waals surface area contributed by atoms with Gasteiger partial charge in [0.05, 0.1) is 0 Å². The third kappa shape index (κ3) is 1.76. The summed E-state index contributed by atoms with van der Waals surface area (Å²) in [5.41, 5.74) is -0.276. The molecule has 7 nitrogen and oxygen atoms in total. The van der Waals surface area contributed by atoms with Gasteiger partial charge in [0.1, 0.15) is 5.76 Å². The summed E-state index contributed by atoms with van der Waals surface area (Å²) in [6.07, 6.45) is -1.47. The van der Waals surface area contributed by atoms with Gasteiger partial charge < -0.3 is 9.63 Å². The molecule has 7 heteroatoms. The van der Waals surface area contributed by atoms with Gasteiger partial charge in [-0.05, 0) is 0 Å². The third-order valence-electron chi connectivity index (χ3n) is 2.77. The van der Waals surface area contributed by atoms with Crippen molar-refractivity contribution in [1.82, 2.24) is 10.1 Å². The lowest BCUT2D eigenvalue weighted by molar-refractivity contribution is -0.128. The molecule has 0 saturated carbocycles. The van der Waals surface area contributed by atoms with Crippen LogP contribution in [0.25, 0.3) is 0 Å². The maximum atomic E-state index is 11.8. The Morgan fingerprint density at radius 1 is 1.39 bits per heavy atom. The molecule has 1 fully saturated rings. The molecule has 18 heavy (non-hydrogen) atoms. The van der Waals surface area contributed by atoms with Crippen LogP contribution >= 0.6 is 0 Å². The van der Waals surface area contributed by atoms with E-state index in [1.807, 2.05) is 20.8 Å². The zero-order valence-electron chi connectivity index (χ0n) is 10.7. The van der Waals surface area contributed by atoms with E-state index >= 15 is 0 Å². The van der Waals surface area contributed by atoms with E-state index in [9.17, 15) is 14.7 Å². The Morgan fingerprint density at radius 2 is 2.00 bits per heavy atom. The first-order valence-electron chi connectivity index (χ1n) is 5.49. The molecule has 98 valence electrons. The van der Waals surface area contributed by atoms with E-state index in [0.717, 1.165) is 9.80 Å². The van der Waals surface area contributed by atoms with Crippen LogP contribution in [0.3, 0.4) is 0 Å². The topological polar surface area (TPSA) is 86.9 Å². The zero-order valence-corrected chi connectivity index (χ0v) is 10.7. The van der Waals surface area contributed by atoms with Crippen molar-refractivity contribution < 1.29 is 19.2 Å². The molecule has 0 spiro atoms. The Labute approximate surface area is 104 Å². The average Bonchev–Trinajstić information content (AvgIpc) is 2.81. The second-order valence-corrected chi connectivity index (χ2v) is 5.24. The Balaban J connectivity index is 2.36. The van der Waals surface area contributed by atoms with Gasteiger partial charge in [-0.2, -0.15) is 0 Å². The number of carbonyl (C=O) groups excluding carboxylic acids is 2. The summed E-state index contributed by atoms with van der Waals surface area (Å²) in [5, 5.41) is 13.2. The number of anilines is 1. The van der Waals surface area contributed by atoms with Crippen molar-refractivity contribution in [3.63, 3.8) is 0 Å². The second kappa shape index (κ2) is 3.81. The van der Waals surface area contributed by atoms with Crippen LogP contribution in [-0.2, 0) is 10.2 Å². The number of amides is 3. The number of hydrogen-bond acceptors (Lipinski definition) is 5. The molecule has 1 aromatic rings. The van der Waals surface area contributed by atoms with Crippen molar-refractivity contribution in [3.8, 4) is 0 Å². The predicted octanol–water partition coefficient (Wildman–Crippen LogP) is 0.689. The largest absolute Gasteiger partial charge is 0.365 e. The summed E-state index contributed by atoms with van der Waals surface area (Å²) >= 11 is 0. The molecule has 0 radical (unpaired) electrons. The number of rotatable bonds is 1. The Morgan fingerprint density at radius 3 is 2.39 bits per heavy atom. The lowest BCUT2D eigenvalue weighted by atomic mass is 9.93. The van der Waals surface area contributed by atoms with Crippen LogP contribution in [-0.4, -0.2) is 40.4 Å². The molecule has 1 aliphatic rings. The number of aromatic nitrogens is 1. The monoisotopic (exact) mass is 253 g/mol. The Hall–Kier alpha value is -1.89. The number of nitrogens with zero attached hydrogens (tertiary/aromatic N) is 3. The summed E-state index contributed by atoms with van der Waals surface area (Å²) in [4.78, 5) is 25.2. The van der Waals surface area contributed by atoms with Crippen molar-refractivity contribution in [3.05, 3.63) is 11.8 Å². The number of carbonyl (C=O) groups is 2. The summed E-state index contributed by atoms with van der Waals surface area (Å²) in [5.74, 6) is -0.0725. The summed E-state index contributed by atoms with van der Waals surface area (Å²) in [6.45, 7) is 5.77. The van der Waals surface area contributed by atoms with Gasteiger partial charge in [0.25, 0.3) is 5.91 Å². The van der Waals surface area contributed by atoms with Crippen LogP contribution in [0, 0.1) is 0 Å². The minimum Gasteiger partial charge on any atom is -0.365 e. The molecule has 2 heterocycles. The first-order chi connectivity index (χ1) is 8.23. The standard InChI is InChI=1S/C11H15N3O4/c1-11(2,3)6-5-7(12-18-6)14-9(16)8(15)13(4)10(14)17/h5,8,15H,1-4H3. The van der Waals surface area contributed by atoms with Crippen LogP contribution in [0.15, 0.2) is 10.6 Å². The van der Waals surface area contributed by atoms with Gasteiger partial charge in [0.15, 0.2) is 5.82 Å². The molecule has 0 aliphatic carbocycles. The van der Waals surface area contributed by atoms with E-state index < -0.39 is 18.2 Å². The normalized spacial score (nSPS) is 21.1. The lowest BCUT2D eigenvalue weighted by Crippen LogP contribution is -2.31. The number of imide groups is 1. The zero-order chi connectivity index (χ0) is 13.7. The molecule has 1 aromatic heterocycles. The van der Waals surface area contributed by atoms with Crippen molar-refractivity contribution in [2.24, 2.45) is 0 Å².